The number of hydrogen-bond donors (Lipinski definition) is 3. The molecule has 0 aromatic rings. The van der Waals surface area contributed by atoms with E-state index in [0.717, 1.165) is 32.1 Å². The van der Waals surface area contributed by atoms with Crippen LogP contribution in [-0.4, -0.2) is 33.5 Å². The Kier molecular flexibility index (Phi) is 5.92. The molecule has 0 aliphatic heterocycles. The predicted molar refractivity (Wildman–Crippen MR) is 64.6 cm³/mol. The minimum atomic E-state index is -0.729. The van der Waals surface area contributed by atoms with E-state index in [1.807, 2.05) is 6.92 Å². The minimum Gasteiger partial charge on any atom is -0.481 e. The average molecular weight is 244 g/mol. The van der Waals surface area contributed by atoms with Crippen LogP contribution in [0.25, 0.3) is 0 Å². The quantitative estimate of drug-likeness (QED) is 0.597. The fourth-order valence-corrected chi connectivity index (χ4v) is 2.74. The zero-order chi connectivity index (χ0) is 12.8. The summed E-state index contributed by atoms with van der Waals surface area (Å²) in [5.74, 6) is -0.332. The molecule has 3 N–H and O–H groups in total. The molecule has 0 spiro atoms. The van der Waals surface area contributed by atoms with Gasteiger partial charge in [-0.2, -0.15) is 0 Å². The Morgan fingerprint density at radius 3 is 2.29 bits per heavy atom. The lowest BCUT2D eigenvalue weighted by Crippen LogP contribution is -2.19. The second-order valence-corrected chi connectivity index (χ2v) is 5.24. The summed E-state index contributed by atoms with van der Waals surface area (Å²) in [6.07, 6.45) is 4.67. The summed E-state index contributed by atoms with van der Waals surface area (Å²) in [6.45, 7) is 2.00. The molecule has 0 heterocycles. The van der Waals surface area contributed by atoms with Crippen molar-refractivity contribution < 1.29 is 20.1 Å². The maximum atomic E-state index is 10.3. The van der Waals surface area contributed by atoms with Crippen LogP contribution in [0.2, 0.25) is 0 Å². The van der Waals surface area contributed by atoms with Crippen molar-refractivity contribution in [3.63, 3.8) is 0 Å². The van der Waals surface area contributed by atoms with Crippen LogP contribution in [0.5, 0.6) is 0 Å². The van der Waals surface area contributed by atoms with Gasteiger partial charge in [-0.05, 0) is 31.1 Å². The van der Waals surface area contributed by atoms with Gasteiger partial charge in [-0.15, -0.1) is 0 Å². The molecule has 0 saturated heterocycles. The van der Waals surface area contributed by atoms with Crippen molar-refractivity contribution in [3.05, 3.63) is 0 Å². The molecule has 1 aliphatic rings. The van der Waals surface area contributed by atoms with Gasteiger partial charge in [-0.1, -0.05) is 26.2 Å². The Morgan fingerprint density at radius 1 is 1.12 bits per heavy atom. The summed E-state index contributed by atoms with van der Waals surface area (Å²) in [5, 5.41) is 27.9. The Labute approximate surface area is 103 Å². The van der Waals surface area contributed by atoms with Gasteiger partial charge in [-0.3, -0.25) is 4.79 Å². The van der Waals surface area contributed by atoms with E-state index in [1.165, 1.54) is 0 Å². The average Bonchev–Trinajstić information content (AvgIpc) is 2.48. The van der Waals surface area contributed by atoms with Crippen LogP contribution in [0.1, 0.15) is 51.9 Å². The Morgan fingerprint density at radius 2 is 1.76 bits per heavy atom. The second-order valence-electron chi connectivity index (χ2n) is 5.24. The highest BCUT2D eigenvalue weighted by atomic mass is 16.4. The normalized spacial score (nSPS) is 32.9. The van der Waals surface area contributed by atoms with Crippen LogP contribution >= 0.6 is 0 Å². The number of unbranched alkanes of at least 4 members (excludes halogenated alkanes) is 3. The lowest BCUT2D eigenvalue weighted by atomic mass is 9.90. The van der Waals surface area contributed by atoms with Crippen molar-refractivity contribution in [1.82, 2.24) is 0 Å². The number of rotatable bonds is 7. The molecular weight excluding hydrogens is 220 g/mol. The summed E-state index contributed by atoms with van der Waals surface area (Å²) >= 11 is 0. The molecule has 4 unspecified atom stereocenters. The molecule has 0 aromatic carbocycles. The topological polar surface area (TPSA) is 77.8 Å². The first-order valence-corrected chi connectivity index (χ1v) is 6.60. The van der Waals surface area contributed by atoms with Gasteiger partial charge >= 0.3 is 5.97 Å². The zero-order valence-electron chi connectivity index (χ0n) is 10.5. The number of aliphatic hydroxyl groups is 2. The van der Waals surface area contributed by atoms with Crippen molar-refractivity contribution in [2.75, 3.05) is 0 Å². The van der Waals surface area contributed by atoms with Gasteiger partial charge in [0.15, 0.2) is 0 Å². The fourth-order valence-electron chi connectivity index (χ4n) is 2.74. The first-order valence-electron chi connectivity index (χ1n) is 6.60. The van der Waals surface area contributed by atoms with E-state index in [4.69, 9.17) is 5.11 Å². The van der Waals surface area contributed by atoms with Crippen LogP contribution in [0, 0.1) is 11.8 Å². The van der Waals surface area contributed by atoms with E-state index < -0.39 is 5.97 Å². The molecule has 4 heteroatoms. The van der Waals surface area contributed by atoms with Crippen LogP contribution in [0.4, 0.5) is 0 Å². The Balaban J connectivity index is 2.08. The third-order valence-electron chi connectivity index (χ3n) is 3.94. The fraction of sp³-hybridized carbons (Fsp3) is 0.923. The number of aliphatic hydroxyl groups excluding tert-OH is 2. The molecule has 0 aromatic heterocycles. The molecule has 0 amide bonds. The molecule has 1 saturated carbocycles. The second kappa shape index (κ2) is 6.97. The number of carboxylic acid groups (broad SMARTS) is 1. The highest BCUT2D eigenvalue weighted by Gasteiger charge is 2.37. The van der Waals surface area contributed by atoms with Gasteiger partial charge in [0.1, 0.15) is 0 Å². The standard InChI is InChI=1S/C13H24O4/c1-9-10(12(15)8-11(9)14)6-4-2-3-5-7-13(16)17/h9-12,14-15H,2-8H2,1H3,(H,16,17). The number of carboxylic acids is 1. The summed E-state index contributed by atoms with van der Waals surface area (Å²) in [4.78, 5) is 10.3. The molecule has 1 fully saturated rings. The van der Waals surface area contributed by atoms with Gasteiger partial charge in [-0.25, -0.2) is 0 Å². The largest absolute Gasteiger partial charge is 0.481 e. The zero-order valence-corrected chi connectivity index (χ0v) is 10.5. The van der Waals surface area contributed by atoms with E-state index >= 15 is 0 Å². The van der Waals surface area contributed by atoms with Crippen LogP contribution in [0.3, 0.4) is 0 Å². The Bertz CT molecular complexity index is 242. The third kappa shape index (κ3) is 4.64. The van der Waals surface area contributed by atoms with Gasteiger partial charge in [0.05, 0.1) is 12.2 Å². The molecule has 100 valence electrons. The lowest BCUT2D eigenvalue weighted by molar-refractivity contribution is -0.137. The molecule has 0 bridgehead atoms. The molecule has 4 nitrogen and oxygen atoms in total. The van der Waals surface area contributed by atoms with Gasteiger partial charge in [0, 0.05) is 6.42 Å². The van der Waals surface area contributed by atoms with Crippen LogP contribution in [0.15, 0.2) is 0 Å². The van der Waals surface area contributed by atoms with Crippen molar-refractivity contribution in [3.8, 4) is 0 Å². The monoisotopic (exact) mass is 244 g/mol. The first-order chi connectivity index (χ1) is 8.02. The highest BCUT2D eigenvalue weighted by Crippen LogP contribution is 2.35. The molecule has 1 aliphatic carbocycles. The summed E-state index contributed by atoms with van der Waals surface area (Å²) in [5.41, 5.74) is 0. The van der Waals surface area contributed by atoms with E-state index in [-0.39, 0.29) is 30.5 Å². The maximum Gasteiger partial charge on any atom is 0.303 e. The molecular formula is C13H24O4. The number of aliphatic carboxylic acids is 1. The number of hydrogen-bond acceptors (Lipinski definition) is 3. The summed E-state index contributed by atoms with van der Waals surface area (Å²) in [7, 11) is 0. The smallest absolute Gasteiger partial charge is 0.303 e. The van der Waals surface area contributed by atoms with Crippen LogP contribution in [-0.2, 0) is 4.79 Å². The molecule has 4 atom stereocenters. The summed E-state index contributed by atoms with van der Waals surface area (Å²) in [6, 6.07) is 0. The van der Waals surface area contributed by atoms with Crippen molar-refractivity contribution in [2.24, 2.45) is 11.8 Å². The number of carbonyl (C=O) groups is 1. The van der Waals surface area contributed by atoms with Gasteiger partial charge < -0.3 is 15.3 Å². The van der Waals surface area contributed by atoms with E-state index in [1.54, 1.807) is 0 Å². The Hall–Kier alpha value is -0.610. The summed E-state index contributed by atoms with van der Waals surface area (Å²) < 4.78 is 0. The van der Waals surface area contributed by atoms with E-state index in [2.05, 4.69) is 0 Å². The minimum absolute atomic E-state index is 0.184. The maximum absolute atomic E-state index is 10.3. The van der Waals surface area contributed by atoms with Gasteiger partial charge in [0.25, 0.3) is 0 Å². The van der Waals surface area contributed by atoms with E-state index in [0.29, 0.717) is 6.42 Å². The highest BCUT2D eigenvalue weighted by molar-refractivity contribution is 5.66. The molecule has 0 radical (unpaired) electrons. The van der Waals surface area contributed by atoms with Crippen molar-refractivity contribution in [1.29, 1.82) is 0 Å². The SMILES string of the molecule is CC1C(O)CC(O)C1CCCCCCC(=O)O. The first kappa shape index (κ1) is 14.5. The predicted octanol–water partition coefficient (Wildman–Crippen LogP) is 1.79. The van der Waals surface area contributed by atoms with Gasteiger partial charge in [0.2, 0.25) is 0 Å². The third-order valence-corrected chi connectivity index (χ3v) is 3.94. The van der Waals surface area contributed by atoms with Crippen molar-refractivity contribution in [2.45, 2.75) is 64.1 Å². The van der Waals surface area contributed by atoms with Crippen LogP contribution < -0.4 is 0 Å². The molecule has 17 heavy (non-hydrogen) atoms. The van der Waals surface area contributed by atoms with Crippen molar-refractivity contribution >= 4 is 5.97 Å². The van der Waals surface area contributed by atoms with E-state index in [9.17, 15) is 15.0 Å². The lowest BCUT2D eigenvalue weighted by Gasteiger charge is -2.19. The molecule has 1 rings (SSSR count).